The molecule has 1 atom stereocenters. The second-order valence-corrected chi connectivity index (χ2v) is 3.06. The average Bonchev–Trinajstić information content (AvgIpc) is 2.61. The summed E-state index contributed by atoms with van der Waals surface area (Å²) in [6.07, 6.45) is 0.0221. The van der Waals surface area contributed by atoms with Crippen molar-refractivity contribution in [3.63, 3.8) is 0 Å². The van der Waals surface area contributed by atoms with Gasteiger partial charge in [0.1, 0.15) is 6.10 Å². The molecule has 0 saturated carbocycles. The zero-order valence-corrected chi connectivity index (χ0v) is 7.38. The van der Waals surface area contributed by atoms with E-state index in [1.165, 1.54) is 0 Å². The van der Waals surface area contributed by atoms with Crippen LogP contribution in [-0.4, -0.2) is 16.5 Å². The second-order valence-electron chi connectivity index (χ2n) is 3.06. The molecule has 0 spiro atoms. The lowest BCUT2D eigenvalue weighted by atomic mass is 10.1. The number of rotatable bonds is 1. The second kappa shape index (κ2) is 3.44. The number of cyclic esters (lactones) is 1. The van der Waals surface area contributed by atoms with Crippen molar-refractivity contribution >= 4 is 11.7 Å². The van der Waals surface area contributed by atoms with Gasteiger partial charge in [0.15, 0.2) is 0 Å². The average molecular weight is 188 g/mol. The monoisotopic (exact) mass is 188 g/mol. The number of hydrogen-bond acceptors (Lipinski definition) is 2. The number of carbonyl (C=O) groups excluding carboxylic acids is 1. The maximum Gasteiger partial charge on any atom is 0.417 e. The van der Waals surface area contributed by atoms with Gasteiger partial charge in [0.05, 0.1) is 6.42 Å². The Morgan fingerprint density at radius 1 is 1.36 bits per heavy atom. The van der Waals surface area contributed by atoms with Crippen molar-refractivity contribution in [3.05, 3.63) is 41.4 Å². The van der Waals surface area contributed by atoms with Crippen LogP contribution >= 0.6 is 0 Å². The fraction of sp³-hybridized carbons (Fsp3) is 0.200. The summed E-state index contributed by atoms with van der Waals surface area (Å²) < 4.78 is 5.02. The van der Waals surface area contributed by atoms with Crippen LogP contribution in [0.3, 0.4) is 0 Å². The molecule has 0 aliphatic carbocycles. The summed E-state index contributed by atoms with van der Waals surface area (Å²) in [5, 5.41) is 0. The smallest absolute Gasteiger partial charge is 0.417 e. The van der Waals surface area contributed by atoms with Crippen molar-refractivity contribution < 1.29 is 14.3 Å². The summed E-state index contributed by atoms with van der Waals surface area (Å²) in [4.78, 5) is 14.0. The van der Waals surface area contributed by atoms with Gasteiger partial charge in [-0.3, -0.25) is 0 Å². The van der Waals surface area contributed by atoms with Crippen LogP contribution in [0.25, 0.3) is 5.53 Å². The molecule has 1 heterocycles. The Morgan fingerprint density at radius 2 is 2.07 bits per heavy atom. The van der Waals surface area contributed by atoms with Crippen molar-refractivity contribution in [2.45, 2.75) is 12.5 Å². The van der Waals surface area contributed by atoms with Crippen LogP contribution in [0.5, 0.6) is 0 Å². The highest BCUT2D eigenvalue weighted by atomic mass is 16.5. The molecule has 0 radical (unpaired) electrons. The van der Waals surface area contributed by atoms with Gasteiger partial charge >= 0.3 is 11.7 Å². The van der Waals surface area contributed by atoms with Crippen LogP contribution in [0.4, 0.5) is 0 Å². The molecular formula is C10H8N2O2. The normalized spacial score (nSPS) is 20.4. The van der Waals surface area contributed by atoms with Crippen molar-refractivity contribution in [2.24, 2.45) is 0 Å². The first-order valence-electron chi connectivity index (χ1n) is 4.28. The summed E-state index contributed by atoms with van der Waals surface area (Å²) in [5.74, 6) is -0.540. The van der Waals surface area contributed by atoms with Crippen molar-refractivity contribution in [1.29, 1.82) is 0 Å². The SMILES string of the molecule is [N-]=[N+]=C1CC(c2ccccc2)OC1=O. The molecule has 4 heteroatoms. The summed E-state index contributed by atoms with van der Waals surface area (Å²) >= 11 is 0. The molecule has 0 amide bonds. The first-order chi connectivity index (χ1) is 6.81. The highest BCUT2D eigenvalue weighted by molar-refractivity contribution is 6.35. The van der Waals surface area contributed by atoms with Gasteiger partial charge < -0.3 is 10.3 Å². The van der Waals surface area contributed by atoms with E-state index in [1.54, 1.807) is 0 Å². The molecular weight excluding hydrogens is 180 g/mol. The van der Waals surface area contributed by atoms with Crippen LogP contribution in [0.15, 0.2) is 30.3 Å². The van der Waals surface area contributed by atoms with E-state index in [0.717, 1.165) is 5.56 Å². The maximum absolute atomic E-state index is 11.1. The quantitative estimate of drug-likeness (QED) is 0.379. The van der Waals surface area contributed by atoms with Gasteiger partial charge in [-0.05, 0) is 5.56 Å². The number of esters is 1. The van der Waals surface area contributed by atoms with E-state index in [2.05, 4.69) is 4.79 Å². The van der Waals surface area contributed by atoms with E-state index >= 15 is 0 Å². The fourth-order valence-electron chi connectivity index (χ4n) is 1.43. The van der Waals surface area contributed by atoms with Gasteiger partial charge in [-0.1, -0.05) is 30.3 Å². The lowest BCUT2D eigenvalue weighted by molar-refractivity contribution is -0.139. The topological polar surface area (TPSA) is 62.7 Å². The lowest BCUT2D eigenvalue weighted by Gasteiger charge is -2.06. The molecule has 2 rings (SSSR count). The molecule has 1 aliphatic heterocycles. The van der Waals surface area contributed by atoms with E-state index < -0.39 is 5.97 Å². The van der Waals surface area contributed by atoms with Crippen LogP contribution in [0.1, 0.15) is 18.1 Å². The van der Waals surface area contributed by atoms with E-state index in [-0.39, 0.29) is 11.8 Å². The van der Waals surface area contributed by atoms with Crippen LogP contribution in [-0.2, 0) is 9.53 Å². The Hall–Kier alpha value is -1.93. The van der Waals surface area contributed by atoms with Gasteiger partial charge in [0.2, 0.25) is 0 Å². The molecule has 0 aromatic heterocycles. The first kappa shape index (κ1) is 8.66. The minimum atomic E-state index is -0.540. The standard InChI is InChI=1S/C10H8N2O2/c11-12-8-6-9(14-10(8)13)7-4-2-1-3-5-7/h1-5,9H,6H2. The summed E-state index contributed by atoms with van der Waals surface area (Å²) in [6.45, 7) is 0. The Kier molecular flexibility index (Phi) is 2.13. The highest BCUT2D eigenvalue weighted by Crippen LogP contribution is 2.26. The minimum absolute atomic E-state index is 0.0823. The molecule has 14 heavy (non-hydrogen) atoms. The molecule has 1 aromatic rings. The molecule has 1 aromatic carbocycles. The number of carbonyl (C=O) groups is 1. The minimum Gasteiger partial charge on any atom is -0.448 e. The van der Waals surface area contributed by atoms with Crippen LogP contribution in [0, 0.1) is 0 Å². The third kappa shape index (κ3) is 1.43. The van der Waals surface area contributed by atoms with E-state index in [4.69, 9.17) is 10.3 Å². The Morgan fingerprint density at radius 3 is 2.64 bits per heavy atom. The largest absolute Gasteiger partial charge is 0.448 e. The number of nitrogens with zero attached hydrogens (tertiary/aromatic N) is 2. The van der Waals surface area contributed by atoms with E-state index in [9.17, 15) is 4.79 Å². The van der Waals surface area contributed by atoms with Gasteiger partial charge in [-0.15, -0.1) is 0 Å². The molecule has 1 unspecified atom stereocenters. The van der Waals surface area contributed by atoms with Gasteiger partial charge in [-0.2, -0.15) is 4.79 Å². The fourth-order valence-corrected chi connectivity index (χ4v) is 1.43. The molecule has 0 N–H and O–H groups in total. The summed E-state index contributed by atoms with van der Waals surface area (Å²) in [7, 11) is 0. The molecule has 1 aliphatic rings. The van der Waals surface area contributed by atoms with Gasteiger partial charge in [0.25, 0.3) is 0 Å². The number of benzene rings is 1. The molecule has 4 nitrogen and oxygen atoms in total. The Balaban J connectivity index is 2.25. The number of hydrogen-bond donors (Lipinski definition) is 0. The maximum atomic E-state index is 11.1. The van der Waals surface area contributed by atoms with Gasteiger partial charge in [0, 0.05) is 0 Å². The zero-order valence-electron chi connectivity index (χ0n) is 7.38. The van der Waals surface area contributed by atoms with Crippen LogP contribution < -0.4 is 0 Å². The molecule has 0 bridgehead atoms. The lowest BCUT2D eigenvalue weighted by Crippen LogP contribution is -2.06. The zero-order chi connectivity index (χ0) is 9.97. The molecule has 1 fully saturated rings. The predicted octanol–water partition coefficient (Wildman–Crippen LogP) is 1.35. The first-order valence-corrected chi connectivity index (χ1v) is 4.28. The Bertz CT molecular complexity index is 407. The van der Waals surface area contributed by atoms with E-state index in [1.807, 2.05) is 30.3 Å². The van der Waals surface area contributed by atoms with Gasteiger partial charge in [-0.25, -0.2) is 4.79 Å². The number of ether oxygens (including phenoxy) is 1. The third-order valence-electron chi connectivity index (χ3n) is 2.16. The highest BCUT2D eigenvalue weighted by Gasteiger charge is 2.37. The van der Waals surface area contributed by atoms with E-state index in [0.29, 0.717) is 6.42 Å². The van der Waals surface area contributed by atoms with Crippen molar-refractivity contribution in [3.8, 4) is 0 Å². The molecule has 70 valence electrons. The van der Waals surface area contributed by atoms with Crippen LogP contribution in [0.2, 0.25) is 0 Å². The third-order valence-corrected chi connectivity index (χ3v) is 2.16. The summed E-state index contributed by atoms with van der Waals surface area (Å²) in [6, 6.07) is 9.38. The summed E-state index contributed by atoms with van der Waals surface area (Å²) in [5.41, 5.74) is 9.49. The predicted molar refractivity (Wildman–Crippen MR) is 48.5 cm³/mol. The van der Waals surface area contributed by atoms with Crippen molar-refractivity contribution in [1.82, 2.24) is 0 Å². The van der Waals surface area contributed by atoms with Crippen molar-refractivity contribution in [2.75, 3.05) is 0 Å². The molecule has 1 saturated heterocycles. The Labute approximate surface area is 80.7 Å².